The van der Waals surface area contributed by atoms with Crippen LogP contribution in [0.3, 0.4) is 0 Å². The largest absolute Gasteiger partial charge is 0.351 e. The molecular formula is C8H17ClN2O. The monoisotopic (exact) mass is 192 g/mol. The van der Waals surface area contributed by atoms with Crippen LogP contribution in [-0.4, -0.2) is 18.5 Å². The Balaban J connectivity index is 0. The number of hydrogen-bond acceptors (Lipinski definition) is 2. The minimum Gasteiger partial charge on any atom is -0.351 e. The van der Waals surface area contributed by atoms with Gasteiger partial charge in [0.25, 0.3) is 0 Å². The van der Waals surface area contributed by atoms with E-state index in [0.717, 1.165) is 0 Å². The molecule has 4 heteroatoms. The van der Waals surface area contributed by atoms with E-state index in [2.05, 4.69) is 11.9 Å². The highest BCUT2D eigenvalue weighted by atomic mass is 35.5. The van der Waals surface area contributed by atoms with Crippen molar-refractivity contribution in [2.24, 2.45) is 11.7 Å². The molecule has 0 rings (SSSR count). The van der Waals surface area contributed by atoms with Gasteiger partial charge in [0.05, 0.1) is 6.04 Å². The molecule has 1 amide bonds. The van der Waals surface area contributed by atoms with Gasteiger partial charge in [0.2, 0.25) is 5.91 Å². The van der Waals surface area contributed by atoms with E-state index in [1.807, 2.05) is 13.8 Å². The Morgan fingerprint density at radius 3 is 2.50 bits per heavy atom. The summed E-state index contributed by atoms with van der Waals surface area (Å²) >= 11 is 0. The van der Waals surface area contributed by atoms with Crippen molar-refractivity contribution in [1.29, 1.82) is 0 Å². The van der Waals surface area contributed by atoms with Crippen LogP contribution in [0, 0.1) is 5.92 Å². The molecule has 0 fully saturated rings. The molecule has 3 nitrogen and oxygen atoms in total. The summed E-state index contributed by atoms with van der Waals surface area (Å²) in [4.78, 5) is 11.1. The van der Waals surface area contributed by atoms with Gasteiger partial charge in [-0.2, -0.15) is 0 Å². The number of halogens is 1. The Bertz CT molecular complexity index is 148. The highest BCUT2D eigenvalue weighted by molar-refractivity contribution is 5.85. The van der Waals surface area contributed by atoms with E-state index < -0.39 is 6.04 Å². The van der Waals surface area contributed by atoms with E-state index in [-0.39, 0.29) is 24.2 Å². The first-order valence-corrected chi connectivity index (χ1v) is 3.73. The number of carbonyl (C=O) groups excluding carboxylic acids is 1. The summed E-state index contributed by atoms with van der Waals surface area (Å²) in [5, 5.41) is 2.63. The third kappa shape index (κ3) is 5.16. The van der Waals surface area contributed by atoms with Gasteiger partial charge in [-0.05, 0) is 5.92 Å². The molecule has 3 N–H and O–H groups in total. The first-order valence-electron chi connectivity index (χ1n) is 3.73. The van der Waals surface area contributed by atoms with Crippen LogP contribution < -0.4 is 11.1 Å². The van der Waals surface area contributed by atoms with Crippen molar-refractivity contribution in [2.45, 2.75) is 19.9 Å². The van der Waals surface area contributed by atoms with Crippen LogP contribution in [0.5, 0.6) is 0 Å². The average Bonchev–Trinajstić information content (AvgIpc) is 1.98. The molecule has 0 spiro atoms. The van der Waals surface area contributed by atoms with Crippen LogP contribution in [0.4, 0.5) is 0 Å². The number of nitrogens with two attached hydrogens (primary N) is 1. The Labute approximate surface area is 79.8 Å². The van der Waals surface area contributed by atoms with Crippen LogP contribution in [0.15, 0.2) is 12.7 Å². The molecule has 0 saturated carbocycles. The van der Waals surface area contributed by atoms with Crippen molar-refractivity contribution in [1.82, 2.24) is 5.32 Å². The van der Waals surface area contributed by atoms with Crippen molar-refractivity contribution >= 4 is 18.3 Å². The second-order valence-corrected chi connectivity index (χ2v) is 2.80. The molecule has 0 bridgehead atoms. The van der Waals surface area contributed by atoms with Gasteiger partial charge in [-0.25, -0.2) is 0 Å². The lowest BCUT2D eigenvalue weighted by Crippen LogP contribution is -2.43. The Morgan fingerprint density at radius 2 is 2.17 bits per heavy atom. The number of rotatable bonds is 4. The Hall–Kier alpha value is -0.540. The number of amides is 1. The van der Waals surface area contributed by atoms with Crippen LogP contribution in [0.2, 0.25) is 0 Å². The minimum absolute atomic E-state index is 0. The summed E-state index contributed by atoms with van der Waals surface area (Å²) in [6, 6.07) is -0.407. The fraction of sp³-hybridized carbons (Fsp3) is 0.625. The highest BCUT2D eigenvalue weighted by Gasteiger charge is 2.15. The number of nitrogens with one attached hydrogen (secondary N) is 1. The second kappa shape index (κ2) is 7.13. The lowest BCUT2D eigenvalue weighted by atomic mass is 10.1. The second-order valence-electron chi connectivity index (χ2n) is 2.80. The van der Waals surface area contributed by atoms with Crippen LogP contribution in [0.25, 0.3) is 0 Å². The van der Waals surface area contributed by atoms with Crippen molar-refractivity contribution in [3.05, 3.63) is 12.7 Å². The van der Waals surface area contributed by atoms with Crippen LogP contribution in [0.1, 0.15) is 13.8 Å². The van der Waals surface area contributed by atoms with Crippen molar-refractivity contribution < 1.29 is 4.79 Å². The lowest BCUT2D eigenvalue weighted by molar-refractivity contribution is -0.123. The van der Waals surface area contributed by atoms with Gasteiger partial charge in [-0.15, -0.1) is 19.0 Å². The average molecular weight is 193 g/mol. The normalized spacial score (nSPS) is 11.7. The Morgan fingerprint density at radius 1 is 1.67 bits per heavy atom. The maximum Gasteiger partial charge on any atom is 0.237 e. The van der Waals surface area contributed by atoms with Gasteiger partial charge >= 0.3 is 0 Å². The van der Waals surface area contributed by atoms with Gasteiger partial charge in [0.1, 0.15) is 0 Å². The van der Waals surface area contributed by atoms with E-state index in [4.69, 9.17) is 5.73 Å². The van der Waals surface area contributed by atoms with Crippen molar-refractivity contribution in [3.8, 4) is 0 Å². The predicted octanol–water partition coefficient (Wildman–Crippen LogP) is 0.694. The molecule has 0 aromatic rings. The standard InChI is InChI=1S/C8H16N2O.ClH/c1-4-5-10-8(11)7(9)6(2)3;/h4,6-7H,1,5,9H2,2-3H3,(H,10,11);1H. The van der Waals surface area contributed by atoms with E-state index >= 15 is 0 Å². The third-order valence-electron chi connectivity index (χ3n) is 1.44. The summed E-state index contributed by atoms with van der Waals surface area (Å²) in [5.74, 6) is 0.0692. The molecular weight excluding hydrogens is 176 g/mol. The fourth-order valence-electron chi connectivity index (χ4n) is 0.593. The molecule has 72 valence electrons. The van der Waals surface area contributed by atoms with E-state index in [1.54, 1.807) is 6.08 Å². The van der Waals surface area contributed by atoms with Gasteiger partial charge in [0.15, 0.2) is 0 Å². The van der Waals surface area contributed by atoms with Crippen LogP contribution in [-0.2, 0) is 4.79 Å². The molecule has 0 saturated heterocycles. The molecule has 0 aliphatic carbocycles. The van der Waals surface area contributed by atoms with Gasteiger partial charge < -0.3 is 11.1 Å². The smallest absolute Gasteiger partial charge is 0.237 e. The maximum atomic E-state index is 11.1. The quantitative estimate of drug-likeness (QED) is 0.645. The SMILES string of the molecule is C=CCNC(=O)C(N)C(C)C.Cl. The van der Waals surface area contributed by atoms with E-state index in [9.17, 15) is 4.79 Å². The fourth-order valence-corrected chi connectivity index (χ4v) is 0.593. The summed E-state index contributed by atoms with van der Waals surface area (Å²) in [5.41, 5.74) is 5.55. The molecule has 0 aliphatic rings. The topological polar surface area (TPSA) is 55.1 Å². The lowest BCUT2D eigenvalue weighted by Gasteiger charge is -2.13. The molecule has 1 atom stereocenters. The van der Waals surface area contributed by atoms with Gasteiger partial charge in [-0.1, -0.05) is 19.9 Å². The van der Waals surface area contributed by atoms with Crippen LogP contribution >= 0.6 is 12.4 Å². The molecule has 0 radical (unpaired) electrons. The van der Waals surface area contributed by atoms with Crippen molar-refractivity contribution in [2.75, 3.05) is 6.54 Å². The predicted molar refractivity (Wildman–Crippen MR) is 53.3 cm³/mol. The van der Waals surface area contributed by atoms with E-state index in [1.165, 1.54) is 0 Å². The highest BCUT2D eigenvalue weighted by Crippen LogP contribution is 1.96. The molecule has 0 heterocycles. The Kier molecular flexibility index (Phi) is 8.32. The summed E-state index contributed by atoms with van der Waals surface area (Å²) < 4.78 is 0. The molecule has 12 heavy (non-hydrogen) atoms. The summed E-state index contributed by atoms with van der Waals surface area (Å²) in [6.45, 7) is 7.80. The minimum atomic E-state index is -0.407. The van der Waals surface area contributed by atoms with E-state index in [0.29, 0.717) is 6.54 Å². The maximum absolute atomic E-state index is 11.1. The van der Waals surface area contributed by atoms with Gasteiger partial charge in [0, 0.05) is 6.54 Å². The van der Waals surface area contributed by atoms with Crippen molar-refractivity contribution in [3.63, 3.8) is 0 Å². The number of hydrogen-bond donors (Lipinski definition) is 2. The summed E-state index contributed by atoms with van der Waals surface area (Å²) in [6.07, 6.45) is 1.63. The molecule has 0 aromatic carbocycles. The molecule has 0 aliphatic heterocycles. The zero-order chi connectivity index (χ0) is 8.85. The third-order valence-corrected chi connectivity index (χ3v) is 1.44. The molecule has 1 unspecified atom stereocenters. The molecule has 0 aromatic heterocycles. The first-order chi connectivity index (χ1) is 5.09. The number of carbonyl (C=O) groups is 1. The zero-order valence-electron chi connectivity index (χ0n) is 7.54. The van der Waals surface area contributed by atoms with Gasteiger partial charge in [-0.3, -0.25) is 4.79 Å². The summed E-state index contributed by atoms with van der Waals surface area (Å²) in [7, 11) is 0. The zero-order valence-corrected chi connectivity index (χ0v) is 8.36. The first kappa shape index (κ1) is 14.0.